The average molecular weight is 416 g/mol. The van der Waals surface area contributed by atoms with Gasteiger partial charge in [-0.3, -0.25) is 9.59 Å². The number of furan rings is 1. The molecule has 0 aliphatic carbocycles. The molecule has 26 heavy (non-hydrogen) atoms. The van der Waals surface area contributed by atoms with Crippen LogP contribution in [0, 0.1) is 6.92 Å². The van der Waals surface area contributed by atoms with E-state index in [1.807, 2.05) is 31.2 Å². The summed E-state index contributed by atoms with van der Waals surface area (Å²) in [6.07, 6.45) is 0.581. The van der Waals surface area contributed by atoms with Crippen molar-refractivity contribution in [1.29, 1.82) is 0 Å². The van der Waals surface area contributed by atoms with Crippen LogP contribution in [0.25, 0.3) is 11.3 Å². The molecule has 2 heterocycles. The molecule has 0 spiro atoms. The highest BCUT2D eigenvalue weighted by molar-refractivity contribution is 9.10. The van der Waals surface area contributed by atoms with Gasteiger partial charge in [0.2, 0.25) is 0 Å². The number of hydrogen-bond acceptors (Lipinski definition) is 4. The molecule has 6 nitrogen and oxygen atoms in total. The Morgan fingerprint density at radius 3 is 2.62 bits per heavy atom. The first kappa shape index (κ1) is 18.1. The number of benzene rings is 1. The first-order valence-electron chi connectivity index (χ1n) is 8.22. The van der Waals surface area contributed by atoms with Crippen LogP contribution in [0.2, 0.25) is 0 Å². The predicted octanol–water partition coefficient (Wildman–Crippen LogP) is 3.39. The van der Waals surface area contributed by atoms with E-state index in [0.717, 1.165) is 11.3 Å². The van der Waals surface area contributed by atoms with Crippen LogP contribution in [-0.4, -0.2) is 22.2 Å². The van der Waals surface area contributed by atoms with Gasteiger partial charge in [-0.15, -0.1) is 0 Å². The van der Waals surface area contributed by atoms with E-state index < -0.39 is 0 Å². The normalized spacial score (nSPS) is 10.7. The third-order valence-corrected chi connectivity index (χ3v) is 4.27. The van der Waals surface area contributed by atoms with E-state index in [-0.39, 0.29) is 17.2 Å². The van der Waals surface area contributed by atoms with E-state index in [9.17, 15) is 9.59 Å². The lowest BCUT2D eigenvalue weighted by Gasteiger charge is -2.08. The van der Waals surface area contributed by atoms with Crippen molar-refractivity contribution in [2.45, 2.75) is 19.9 Å². The smallest absolute Gasteiger partial charge is 0.287 e. The second-order valence-corrected chi connectivity index (χ2v) is 6.64. The standard InChI is InChI=1S/C19H18BrN3O3/c1-13-3-5-14(6-4-13)15-7-10-18(24)23(22-15)12-2-11-21-19(25)16-8-9-17(20)26-16/h3-10H,2,11-12H2,1H3,(H,21,25). The lowest BCUT2D eigenvalue weighted by atomic mass is 10.1. The maximum Gasteiger partial charge on any atom is 0.287 e. The van der Waals surface area contributed by atoms with Crippen LogP contribution in [0.4, 0.5) is 0 Å². The zero-order chi connectivity index (χ0) is 18.5. The largest absolute Gasteiger partial charge is 0.444 e. The minimum Gasteiger partial charge on any atom is -0.444 e. The van der Waals surface area contributed by atoms with Crippen molar-refractivity contribution in [3.8, 4) is 11.3 Å². The highest BCUT2D eigenvalue weighted by Crippen LogP contribution is 2.16. The van der Waals surface area contributed by atoms with Crippen molar-refractivity contribution in [1.82, 2.24) is 15.1 Å². The van der Waals surface area contributed by atoms with Crippen molar-refractivity contribution in [2.75, 3.05) is 6.54 Å². The molecule has 0 aliphatic rings. The molecule has 3 aromatic rings. The van der Waals surface area contributed by atoms with Gasteiger partial charge in [0, 0.05) is 24.7 Å². The van der Waals surface area contributed by atoms with Crippen LogP contribution in [0.5, 0.6) is 0 Å². The number of halogens is 1. The van der Waals surface area contributed by atoms with Crippen LogP contribution >= 0.6 is 15.9 Å². The summed E-state index contributed by atoms with van der Waals surface area (Å²) in [5.41, 5.74) is 2.71. The molecule has 0 saturated carbocycles. The van der Waals surface area contributed by atoms with E-state index in [1.165, 1.54) is 16.3 Å². The van der Waals surface area contributed by atoms with Gasteiger partial charge in [-0.1, -0.05) is 29.8 Å². The van der Waals surface area contributed by atoms with E-state index in [0.29, 0.717) is 24.2 Å². The van der Waals surface area contributed by atoms with Gasteiger partial charge < -0.3 is 9.73 Å². The van der Waals surface area contributed by atoms with Gasteiger partial charge in [-0.2, -0.15) is 5.10 Å². The summed E-state index contributed by atoms with van der Waals surface area (Å²) in [5, 5.41) is 7.17. The van der Waals surface area contributed by atoms with Crippen LogP contribution in [0.3, 0.4) is 0 Å². The number of carbonyl (C=O) groups excluding carboxylic acids is 1. The fourth-order valence-corrected chi connectivity index (χ4v) is 2.75. The van der Waals surface area contributed by atoms with E-state index in [4.69, 9.17) is 4.42 Å². The molecule has 134 valence electrons. The second-order valence-electron chi connectivity index (χ2n) is 5.86. The molecule has 2 aromatic heterocycles. The quantitative estimate of drug-likeness (QED) is 0.625. The zero-order valence-corrected chi connectivity index (χ0v) is 15.8. The van der Waals surface area contributed by atoms with Gasteiger partial charge in [0.15, 0.2) is 10.4 Å². The molecule has 1 amide bonds. The number of rotatable bonds is 6. The van der Waals surface area contributed by atoms with E-state index in [2.05, 4.69) is 26.3 Å². The molecule has 0 aliphatic heterocycles. The summed E-state index contributed by atoms with van der Waals surface area (Å²) >= 11 is 3.16. The Morgan fingerprint density at radius 1 is 1.15 bits per heavy atom. The summed E-state index contributed by atoms with van der Waals surface area (Å²) in [6.45, 7) is 2.86. The van der Waals surface area contributed by atoms with Crippen LogP contribution < -0.4 is 10.9 Å². The number of nitrogens with zero attached hydrogens (tertiary/aromatic N) is 2. The maximum atomic E-state index is 12.0. The first-order chi connectivity index (χ1) is 12.5. The van der Waals surface area contributed by atoms with Crippen molar-refractivity contribution in [3.63, 3.8) is 0 Å². The van der Waals surface area contributed by atoms with Crippen LogP contribution in [-0.2, 0) is 6.54 Å². The minimum absolute atomic E-state index is 0.165. The Kier molecular flexibility index (Phi) is 5.68. The molecular formula is C19H18BrN3O3. The lowest BCUT2D eigenvalue weighted by Crippen LogP contribution is -2.27. The molecule has 0 radical (unpaired) electrons. The van der Waals surface area contributed by atoms with E-state index in [1.54, 1.807) is 18.2 Å². The molecule has 0 bridgehead atoms. The number of nitrogens with one attached hydrogen (secondary N) is 1. The van der Waals surface area contributed by atoms with Crippen LogP contribution in [0.1, 0.15) is 22.5 Å². The Labute approximate surface area is 159 Å². The third kappa shape index (κ3) is 4.49. The average Bonchev–Trinajstić information content (AvgIpc) is 3.07. The third-order valence-electron chi connectivity index (χ3n) is 3.84. The molecule has 3 rings (SSSR count). The Morgan fingerprint density at radius 2 is 1.92 bits per heavy atom. The Hall–Kier alpha value is -2.67. The summed E-state index contributed by atoms with van der Waals surface area (Å²) in [5.74, 6) is -0.0436. The van der Waals surface area contributed by atoms with Crippen molar-refractivity contribution in [2.24, 2.45) is 0 Å². The summed E-state index contributed by atoms with van der Waals surface area (Å²) < 4.78 is 7.12. The topological polar surface area (TPSA) is 77.1 Å². The van der Waals surface area contributed by atoms with Gasteiger partial charge in [-0.25, -0.2) is 4.68 Å². The highest BCUT2D eigenvalue weighted by Gasteiger charge is 2.09. The van der Waals surface area contributed by atoms with Gasteiger partial charge in [0.25, 0.3) is 11.5 Å². The maximum absolute atomic E-state index is 12.0. The van der Waals surface area contributed by atoms with E-state index >= 15 is 0 Å². The van der Waals surface area contributed by atoms with Crippen molar-refractivity contribution < 1.29 is 9.21 Å². The molecular weight excluding hydrogens is 398 g/mol. The van der Waals surface area contributed by atoms with Crippen LogP contribution in [0.15, 0.2) is 62.4 Å². The summed E-state index contributed by atoms with van der Waals surface area (Å²) in [7, 11) is 0. The zero-order valence-electron chi connectivity index (χ0n) is 14.2. The molecule has 0 fully saturated rings. The Bertz CT molecular complexity index is 961. The number of amides is 1. The summed E-state index contributed by atoms with van der Waals surface area (Å²) in [6, 6.07) is 14.5. The number of hydrogen-bond donors (Lipinski definition) is 1. The van der Waals surface area contributed by atoms with Gasteiger partial charge >= 0.3 is 0 Å². The van der Waals surface area contributed by atoms with Crippen molar-refractivity contribution >= 4 is 21.8 Å². The van der Waals surface area contributed by atoms with Crippen molar-refractivity contribution in [3.05, 3.63) is 74.9 Å². The minimum atomic E-state index is -0.288. The summed E-state index contributed by atoms with van der Waals surface area (Å²) in [4.78, 5) is 23.9. The number of carbonyl (C=O) groups is 1. The number of aromatic nitrogens is 2. The lowest BCUT2D eigenvalue weighted by molar-refractivity contribution is 0.0923. The second kappa shape index (κ2) is 8.14. The monoisotopic (exact) mass is 415 g/mol. The number of aryl methyl sites for hydroxylation is 2. The highest BCUT2D eigenvalue weighted by atomic mass is 79.9. The molecule has 7 heteroatoms. The van der Waals surface area contributed by atoms with Gasteiger partial charge in [0.05, 0.1) is 5.69 Å². The van der Waals surface area contributed by atoms with Gasteiger partial charge in [0.1, 0.15) is 0 Å². The predicted molar refractivity (Wildman–Crippen MR) is 102 cm³/mol. The fraction of sp³-hybridized carbons (Fsp3) is 0.211. The molecule has 1 N–H and O–H groups in total. The van der Waals surface area contributed by atoms with Gasteiger partial charge in [-0.05, 0) is 47.5 Å². The molecule has 0 atom stereocenters. The SMILES string of the molecule is Cc1ccc(-c2ccc(=O)n(CCCNC(=O)c3ccc(Br)o3)n2)cc1. The molecule has 1 aromatic carbocycles. The first-order valence-corrected chi connectivity index (χ1v) is 9.01. The molecule has 0 unspecified atom stereocenters. The Balaban J connectivity index is 1.59. The molecule has 0 saturated heterocycles. The fourth-order valence-electron chi connectivity index (χ4n) is 2.44.